The number of hydrogen-bond donors (Lipinski definition) is 1. The lowest BCUT2D eigenvalue weighted by Gasteiger charge is -2.30. The van der Waals surface area contributed by atoms with E-state index in [-0.39, 0.29) is 36.6 Å². The first kappa shape index (κ1) is 21.3. The van der Waals surface area contributed by atoms with E-state index < -0.39 is 6.04 Å². The van der Waals surface area contributed by atoms with Crippen molar-refractivity contribution in [3.8, 4) is 0 Å². The van der Waals surface area contributed by atoms with Gasteiger partial charge in [0, 0.05) is 17.6 Å². The van der Waals surface area contributed by atoms with Gasteiger partial charge in [-0.05, 0) is 55.2 Å². The fourth-order valence-electron chi connectivity index (χ4n) is 3.64. The Hall–Kier alpha value is -2.40. The summed E-state index contributed by atoms with van der Waals surface area (Å²) in [5.74, 6) is -0.644. The fraction of sp³-hybridized carbons (Fsp3) is 0.391. The topological polar surface area (TPSA) is 49.4 Å². The van der Waals surface area contributed by atoms with Gasteiger partial charge in [0.05, 0.1) is 6.42 Å². The van der Waals surface area contributed by atoms with E-state index >= 15 is 0 Å². The zero-order valence-electron chi connectivity index (χ0n) is 16.5. The molecule has 0 unspecified atom stereocenters. The van der Waals surface area contributed by atoms with Gasteiger partial charge in [0.2, 0.25) is 11.8 Å². The Kier molecular flexibility index (Phi) is 7.26. The minimum atomic E-state index is -0.625. The maximum Gasteiger partial charge on any atom is 0.242 e. The van der Waals surface area contributed by atoms with Crippen LogP contribution in [-0.2, 0) is 22.6 Å². The van der Waals surface area contributed by atoms with E-state index in [1.807, 2.05) is 0 Å². The Labute approximate surface area is 176 Å². The minimum Gasteiger partial charge on any atom is -0.352 e. The average Bonchev–Trinajstić information content (AvgIpc) is 3.21. The van der Waals surface area contributed by atoms with Gasteiger partial charge in [0.1, 0.15) is 11.9 Å². The van der Waals surface area contributed by atoms with Crippen LogP contribution in [0.2, 0.25) is 5.02 Å². The summed E-state index contributed by atoms with van der Waals surface area (Å²) in [6.07, 6.45) is 4.37. The lowest BCUT2D eigenvalue weighted by Crippen LogP contribution is -2.50. The second-order valence-corrected chi connectivity index (χ2v) is 8.05. The highest BCUT2D eigenvalue weighted by atomic mass is 35.5. The van der Waals surface area contributed by atoms with E-state index in [4.69, 9.17) is 11.6 Å². The van der Waals surface area contributed by atoms with E-state index in [2.05, 4.69) is 5.32 Å². The lowest BCUT2D eigenvalue weighted by atomic mass is 10.1. The lowest BCUT2D eigenvalue weighted by molar-refractivity contribution is -0.140. The van der Waals surface area contributed by atoms with Gasteiger partial charge in [-0.1, -0.05) is 48.7 Å². The molecule has 4 nitrogen and oxygen atoms in total. The summed E-state index contributed by atoms with van der Waals surface area (Å²) in [4.78, 5) is 27.5. The third kappa shape index (κ3) is 6.04. The van der Waals surface area contributed by atoms with Crippen LogP contribution in [0, 0.1) is 5.82 Å². The van der Waals surface area contributed by atoms with Crippen LogP contribution in [-0.4, -0.2) is 28.8 Å². The molecule has 0 radical (unpaired) electrons. The Morgan fingerprint density at radius 2 is 1.66 bits per heavy atom. The smallest absolute Gasteiger partial charge is 0.242 e. The highest BCUT2D eigenvalue weighted by Crippen LogP contribution is 2.19. The number of halogens is 2. The van der Waals surface area contributed by atoms with Gasteiger partial charge in [0.25, 0.3) is 0 Å². The number of nitrogens with one attached hydrogen (secondary N) is 1. The van der Waals surface area contributed by atoms with Crippen molar-refractivity contribution in [1.29, 1.82) is 0 Å². The monoisotopic (exact) mass is 416 g/mol. The highest BCUT2D eigenvalue weighted by Gasteiger charge is 2.28. The van der Waals surface area contributed by atoms with Crippen molar-refractivity contribution in [3.63, 3.8) is 0 Å². The van der Waals surface area contributed by atoms with Crippen LogP contribution >= 0.6 is 11.6 Å². The van der Waals surface area contributed by atoms with Gasteiger partial charge in [-0.25, -0.2) is 4.39 Å². The molecule has 1 saturated carbocycles. The summed E-state index contributed by atoms with van der Waals surface area (Å²) in [6, 6.07) is 12.7. The molecule has 0 saturated heterocycles. The number of benzene rings is 2. The summed E-state index contributed by atoms with van der Waals surface area (Å²) < 4.78 is 13.3. The predicted molar refractivity (Wildman–Crippen MR) is 112 cm³/mol. The van der Waals surface area contributed by atoms with Crippen molar-refractivity contribution in [2.24, 2.45) is 0 Å². The summed E-state index contributed by atoms with van der Waals surface area (Å²) in [6.45, 7) is 1.99. The Bertz CT molecular complexity index is 833. The maximum atomic E-state index is 13.3. The number of hydrogen-bond acceptors (Lipinski definition) is 2. The molecule has 154 valence electrons. The van der Waals surface area contributed by atoms with Gasteiger partial charge < -0.3 is 10.2 Å². The average molecular weight is 417 g/mol. The van der Waals surface area contributed by atoms with E-state index in [9.17, 15) is 14.0 Å². The van der Waals surface area contributed by atoms with Crippen LogP contribution in [0.15, 0.2) is 48.5 Å². The van der Waals surface area contributed by atoms with Gasteiger partial charge >= 0.3 is 0 Å². The van der Waals surface area contributed by atoms with Crippen molar-refractivity contribution in [1.82, 2.24) is 10.2 Å². The Morgan fingerprint density at radius 1 is 1.07 bits per heavy atom. The predicted octanol–water partition coefficient (Wildman–Crippen LogP) is 4.50. The minimum absolute atomic E-state index is 0.150. The highest BCUT2D eigenvalue weighted by molar-refractivity contribution is 6.30. The SMILES string of the molecule is C[C@H](C(=O)NC1CCCC1)N(Cc1ccc(F)cc1)C(=O)Cc1ccc(Cl)cc1. The molecule has 2 aromatic carbocycles. The molecule has 1 N–H and O–H groups in total. The molecule has 2 amide bonds. The van der Waals surface area contributed by atoms with Crippen molar-refractivity contribution in [3.05, 3.63) is 70.5 Å². The van der Waals surface area contributed by atoms with E-state index in [1.165, 1.54) is 12.1 Å². The standard InChI is InChI=1S/C23H26ClFN2O2/c1-16(23(29)26-21-4-2-3-5-21)27(15-18-8-12-20(25)13-9-18)22(28)14-17-6-10-19(24)11-7-17/h6-13,16,21H,2-5,14-15H2,1H3,(H,26,29)/t16-/m1/s1. The summed E-state index contributed by atoms with van der Waals surface area (Å²) in [5.41, 5.74) is 1.60. The molecule has 29 heavy (non-hydrogen) atoms. The van der Waals surface area contributed by atoms with Crippen LogP contribution in [0.5, 0.6) is 0 Å². The zero-order chi connectivity index (χ0) is 20.8. The second-order valence-electron chi connectivity index (χ2n) is 7.62. The van der Waals surface area contributed by atoms with Crippen LogP contribution < -0.4 is 5.32 Å². The molecule has 0 aliphatic heterocycles. The third-order valence-electron chi connectivity index (χ3n) is 5.40. The number of amides is 2. The largest absolute Gasteiger partial charge is 0.352 e. The molecule has 0 aromatic heterocycles. The molecular weight excluding hydrogens is 391 g/mol. The number of rotatable bonds is 7. The second kappa shape index (κ2) is 9.88. The van der Waals surface area contributed by atoms with Crippen molar-refractivity contribution in [2.45, 2.75) is 57.7 Å². The molecule has 2 aromatic rings. The third-order valence-corrected chi connectivity index (χ3v) is 5.66. The first-order valence-electron chi connectivity index (χ1n) is 10.0. The number of nitrogens with zero attached hydrogens (tertiary/aromatic N) is 1. The van der Waals surface area contributed by atoms with Crippen LogP contribution in [0.1, 0.15) is 43.7 Å². The summed E-state index contributed by atoms with van der Waals surface area (Å²) in [7, 11) is 0. The number of carbonyl (C=O) groups excluding carboxylic acids is 2. The molecule has 1 aliphatic rings. The molecule has 1 atom stereocenters. The zero-order valence-corrected chi connectivity index (χ0v) is 17.3. The quantitative estimate of drug-likeness (QED) is 0.722. The molecule has 1 fully saturated rings. The van der Waals surface area contributed by atoms with Crippen LogP contribution in [0.4, 0.5) is 4.39 Å². The van der Waals surface area contributed by atoms with Crippen molar-refractivity contribution in [2.75, 3.05) is 0 Å². The summed E-state index contributed by atoms with van der Waals surface area (Å²) in [5, 5.41) is 3.68. The molecule has 6 heteroatoms. The van der Waals surface area contributed by atoms with Gasteiger partial charge in [-0.2, -0.15) is 0 Å². The van der Waals surface area contributed by atoms with Gasteiger partial charge in [0.15, 0.2) is 0 Å². The number of carbonyl (C=O) groups is 2. The molecule has 1 aliphatic carbocycles. The van der Waals surface area contributed by atoms with E-state index in [0.29, 0.717) is 5.02 Å². The Morgan fingerprint density at radius 3 is 2.28 bits per heavy atom. The van der Waals surface area contributed by atoms with Gasteiger partial charge in [-0.15, -0.1) is 0 Å². The molecule has 0 spiro atoms. The normalized spacial score (nSPS) is 15.1. The molecular formula is C23H26ClFN2O2. The van der Waals surface area contributed by atoms with E-state index in [0.717, 1.165) is 36.8 Å². The van der Waals surface area contributed by atoms with Gasteiger partial charge in [-0.3, -0.25) is 9.59 Å². The first-order valence-corrected chi connectivity index (χ1v) is 10.4. The first-order chi connectivity index (χ1) is 13.9. The fourth-order valence-corrected chi connectivity index (χ4v) is 3.77. The van der Waals surface area contributed by atoms with Crippen LogP contribution in [0.25, 0.3) is 0 Å². The Balaban J connectivity index is 1.75. The molecule has 0 heterocycles. The van der Waals surface area contributed by atoms with Crippen molar-refractivity contribution >= 4 is 23.4 Å². The maximum absolute atomic E-state index is 13.3. The van der Waals surface area contributed by atoms with Crippen molar-refractivity contribution < 1.29 is 14.0 Å². The summed E-state index contributed by atoms with van der Waals surface area (Å²) >= 11 is 5.92. The molecule has 0 bridgehead atoms. The van der Waals surface area contributed by atoms with E-state index in [1.54, 1.807) is 48.2 Å². The van der Waals surface area contributed by atoms with Crippen LogP contribution in [0.3, 0.4) is 0 Å². The molecule has 3 rings (SSSR count).